The molecule has 0 amide bonds. The van der Waals surface area contributed by atoms with Gasteiger partial charge >= 0.3 is 0 Å². The fourth-order valence-corrected chi connectivity index (χ4v) is 5.67. The summed E-state index contributed by atoms with van der Waals surface area (Å²) in [5.41, 5.74) is 10.6. The standard InChI is InChI=1S/C35H22N2O/c1-3-10-23(11-4-1)26-15-9-16-28-34-31(37(35(26)28)25-12-5-2-6-13-25)20-19-30(36-34)24-18-21-33-29(22-24)27-14-7-8-17-32(27)38-33/h1-22H. The van der Waals surface area contributed by atoms with Crippen LogP contribution in [0.4, 0.5) is 0 Å². The minimum atomic E-state index is 0.893. The Hall–Kier alpha value is -5.15. The highest BCUT2D eigenvalue weighted by atomic mass is 16.3. The average molecular weight is 487 g/mol. The lowest BCUT2D eigenvalue weighted by Crippen LogP contribution is -1.95. The number of nitrogens with zero attached hydrogens (tertiary/aromatic N) is 2. The second-order valence-electron chi connectivity index (χ2n) is 9.61. The molecule has 3 nitrogen and oxygen atoms in total. The zero-order valence-corrected chi connectivity index (χ0v) is 20.5. The molecule has 3 heteroatoms. The average Bonchev–Trinajstić information content (AvgIpc) is 3.53. The van der Waals surface area contributed by atoms with Crippen LogP contribution in [0.2, 0.25) is 0 Å². The molecule has 0 fully saturated rings. The van der Waals surface area contributed by atoms with Crippen molar-refractivity contribution in [3.8, 4) is 28.1 Å². The van der Waals surface area contributed by atoms with Crippen molar-refractivity contribution in [1.82, 2.24) is 9.55 Å². The van der Waals surface area contributed by atoms with E-state index in [0.29, 0.717) is 0 Å². The lowest BCUT2D eigenvalue weighted by atomic mass is 10.0. The van der Waals surface area contributed by atoms with Crippen molar-refractivity contribution < 1.29 is 4.42 Å². The third-order valence-corrected chi connectivity index (χ3v) is 7.40. The zero-order valence-electron chi connectivity index (χ0n) is 20.5. The predicted molar refractivity (Wildman–Crippen MR) is 157 cm³/mol. The molecule has 3 aromatic heterocycles. The number of hydrogen-bond acceptors (Lipinski definition) is 2. The van der Waals surface area contributed by atoms with Gasteiger partial charge in [-0.25, -0.2) is 4.98 Å². The SMILES string of the molecule is c1ccc(-c2cccc3c4nc(-c5ccc6oc7ccccc7c6c5)ccc4n(-c4ccccc4)c23)cc1. The van der Waals surface area contributed by atoms with Gasteiger partial charge in [-0.1, -0.05) is 84.9 Å². The number of fused-ring (bicyclic) bond motifs is 6. The van der Waals surface area contributed by atoms with Crippen molar-refractivity contribution in [2.75, 3.05) is 0 Å². The number of rotatable bonds is 3. The van der Waals surface area contributed by atoms with E-state index in [9.17, 15) is 0 Å². The number of aromatic nitrogens is 2. The lowest BCUT2D eigenvalue weighted by Gasteiger charge is -2.11. The topological polar surface area (TPSA) is 31.0 Å². The first kappa shape index (κ1) is 21.0. The Bertz CT molecular complexity index is 2120. The van der Waals surface area contributed by atoms with Crippen molar-refractivity contribution in [2.45, 2.75) is 0 Å². The van der Waals surface area contributed by atoms with E-state index in [4.69, 9.17) is 9.40 Å². The quantitative estimate of drug-likeness (QED) is 0.249. The number of hydrogen-bond donors (Lipinski definition) is 0. The van der Waals surface area contributed by atoms with Gasteiger partial charge in [-0.3, -0.25) is 0 Å². The van der Waals surface area contributed by atoms with Crippen LogP contribution in [-0.4, -0.2) is 9.55 Å². The molecule has 0 bridgehead atoms. The first-order valence-corrected chi connectivity index (χ1v) is 12.8. The van der Waals surface area contributed by atoms with Gasteiger partial charge in [-0.2, -0.15) is 0 Å². The van der Waals surface area contributed by atoms with Crippen LogP contribution in [0.5, 0.6) is 0 Å². The molecule has 0 atom stereocenters. The molecule has 0 aliphatic rings. The van der Waals surface area contributed by atoms with Gasteiger partial charge in [0, 0.05) is 33.0 Å². The van der Waals surface area contributed by atoms with Gasteiger partial charge in [-0.15, -0.1) is 0 Å². The Morgan fingerprint density at radius 3 is 2.13 bits per heavy atom. The minimum absolute atomic E-state index is 0.893. The summed E-state index contributed by atoms with van der Waals surface area (Å²) < 4.78 is 8.40. The number of benzene rings is 5. The largest absolute Gasteiger partial charge is 0.456 e. The predicted octanol–water partition coefficient (Wildman–Crippen LogP) is 9.41. The lowest BCUT2D eigenvalue weighted by molar-refractivity contribution is 0.669. The highest BCUT2D eigenvalue weighted by molar-refractivity contribution is 6.13. The van der Waals surface area contributed by atoms with Crippen LogP contribution in [0, 0.1) is 0 Å². The number of pyridine rings is 1. The Labute approximate surface area is 219 Å². The van der Waals surface area contributed by atoms with Crippen LogP contribution in [0.1, 0.15) is 0 Å². The Morgan fingerprint density at radius 1 is 0.526 bits per heavy atom. The molecular weight excluding hydrogens is 464 g/mol. The summed E-state index contributed by atoms with van der Waals surface area (Å²) in [6.07, 6.45) is 0. The van der Waals surface area contributed by atoms with Crippen LogP contribution in [0.3, 0.4) is 0 Å². The molecule has 0 aliphatic heterocycles. The maximum Gasteiger partial charge on any atom is 0.135 e. The van der Waals surface area contributed by atoms with E-state index in [-0.39, 0.29) is 0 Å². The van der Waals surface area contributed by atoms with Crippen molar-refractivity contribution in [2.24, 2.45) is 0 Å². The monoisotopic (exact) mass is 486 g/mol. The van der Waals surface area contributed by atoms with Gasteiger partial charge in [0.15, 0.2) is 0 Å². The smallest absolute Gasteiger partial charge is 0.135 e. The van der Waals surface area contributed by atoms with Gasteiger partial charge in [-0.05, 0) is 54.1 Å². The van der Waals surface area contributed by atoms with Gasteiger partial charge in [0.05, 0.1) is 22.2 Å². The van der Waals surface area contributed by atoms with Crippen molar-refractivity contribution in [3.05, 3.63) is 133 Å². The summed E-state index contributed by atoms with van der Waals surface area (Å²) >= 11 is 0. The second kappa shape index (κ2) is 8.19. The Balaban J connectivity index is 1.42. The molecule has 0 unspecified atom stereocenters. The third-order valence-electron chi connectivity index (χ3n) is 7.40. The second-order valence-corrected chi connectivity index (χ2v) is 9.61. The van der Waals surface area contributed by atoms with Gasteiger partial charge < -0.3 is 8.98 Å². The molecular formula is C35H22N2O. The van der Waals surface area contributed by atoms with Gasteiger partial charge in [0.25, 0.3) is 0 Å². The molecule has 8 aromatic rings. The summed E-state index contributed by atoms with van der Waals surface area (Å²) in [7, 11) is 0. The first-order chi connectivity index (χ1) is 18.8. The molecule has 3 heterocycles. The summed E-state index contributed by atoms with van der Waals surface area (Å²) in [6, 6.07) is 46.5. The third kappa shape index (κ3) is 3.12. The van der Waals surface area contributed by atoms with Crippen LogP contribution in [0.15, 0.2) is 138 Å². The normalized spacial score (nSPS) is 11.7. The van der Waals surface area contributed by atoms with E-state index in [2.05, 4.69) is 126 Å². The van der Waals surface area contributed by atoms with E-state index in [1.807, 2.05) is 12.1 Å². The van der Waals surface area contributed by atoms with Crippen molar-refractivity contribution in [3.63, 3.8) is 0 Å². The molecule has 0 aliphatic carbocycles. The molecule has 0 spiro atoms. The number of furan rings is 1. The van der Waals surface area contributed by atoms with Crippen LogP contribution >= 0.6 is 0 Å². The van der Waals surface area contributed by atoms with E-state index in [1.165, 1.54) is 16.6 Å². The summed E-state index contributed by atoms with van der Waals surface area (Å²) in [4.78, 5) is 5.27. The number of para-hydroxylation sites is 3. The molecule has 38 heavy (non-hydrogen) atoms. The van der Waals surface area contributed by atoms with E-state index < -0.39 is 0 Å². The van der Waals surface area contributed by atoms with E-state index >= 15 is 0 Å². The van der Waals surface area contributed by atoms with E-state index in [1.54, 1.807) is 0 Å². The highest BCUT2D eigenvalue weighted by Gasteiger charge is 2.18. The van der Waals surface area contributed by atoms with Crippen molar-refractivity contribution >= 4 is 43.9 Å². The van der Waals surface area contributed by atoms with Gasteiger partial charge in [0.2, 0.25) is 0 Å². The van der Waals surface area contributed by atoms with E-state index in [0.717, 1.165) is 55.3 Å². The summed E-state index contributed by atoms with van der Waals surface area (Å²) in [6.45, 7) is 0. The van der Waals surface area contributed by atoms with Gasteiger partial charge in [0.1, 0.15) is 11.2 Å². The Kier molecular flexibility index (Phi) is 4.52. The zero-order chi connectivity index (χ0) is 25.1. The molecule has 178 valence electrons. The Morgan fingerprint density at radius 2 is 1.26 bits per heavy atom. The minimum Gasteiger partial charge on any atom is -0.456 e. The van der Waals surface area contributed by atoms with Crippen LogP contribution in [-0.2, 0) is 0 Å². The van der Waals surface area contributed by atoms with Crippen LogP contribution in [0.25, 0.3) is 71.9 Å². The molecule has 5 aromatic carbocycles. The molecule has 0 saturated carbocycles. The first-order valence-electron chi connectivity index (χ1n) is 12.8. The fraction of sp³-hybridized carbons (Fsp3) is 0. The summed E-state index contributed by atoms with van der Waals surface area (Å²) in [5.74, 6) is 0. The molecule has 8 rings (SSSR count). The molecule has 0 radical (unpaired) electrons. The maximum absolute atomic E-state index is 6.05. The van der Waals surface area contributed by atoms with Crippen LogP contribution < -0.4 is 0 Å². The maximum atomic E-state index is 6.05. The highest BCUT2D eigenvalue weighted by Crippen LogP contribution is 2.39. The van der Waals surface area contributed by atoms with Crippen molar-refractivity contribution in [1.29, 1.82) is 0 Å². The summed E-state index contributed by atoms with van der Waals surface area (Å²) in [5, 5.41) is 3.37. The fourth-order valence-electron chi connectivity index (χ4n) is 5.67. The molecule has 0 N–H and O–H groups in total. The molecule has 0 saturated heterocycles.